The number of halogens is 1. The molecular formula is C13H17FN2O3S. The van der Waals surface area contributed by atoms with Gasteiger partial charge in [0.25, 0.3) is 5.91 Å². The van der Waals surface area contributed by atoms with Gasteiger partial charge in [0, 0.05) is 6.54 Å². The van der Waals surface area contributed by atoms with Crippen LogP contribution in [0.1, 0.15) is 35.7 Å². The first-order chi connectivity index (χ1) is 9.12. The number of nitrogens with two attached hydrogens (primary N) is 1. The number of benzene rings is 1. The molecule has 1 aliphatic rings. The third-order valence-electron chi connectivity index (χ3n) is 3.60. The van der Waals surface area contributed by atoms with Gasteiger partial charge in [-0.25, -0.2) is 17.9 Å². The van der Waals surface area contributed by atoms with Crippen molar-refractivity contribution in [2.75, 3.05) is 6.54 Å². The molecular weight excluding hydrogens is 283 g/mol. The third kappa shape index (κ3) is 3.16. The molecule has 1 aromatic rings. The molecule has 110 valence electrons. The standard InChI is InChI=1S/C13H17FN2O3S/c1-8-5-10(14)9(6-11(8)20(15,18)19)12(17)16-7-13(2)3-4-13/h5-6H,3-4,7H2,1-2H3,(H,16,17)(H2,15,18,19). The molecule has 7 heteroatoms. The van der Waals surface area contributed by atoms with Crippen LogP contribution in [0.15, 0.2) is 17.0 Å². The summed E-state index contributed by atoms with van der Waals surface area (Å²) in [5.74, 6) is -1.38. The van der Waals surface area contributed by atoms with Crippen molar-refractivity contribution in [2.45, 2.75) is 31.6 Å². The number of sulfonamides is 1. The van der Waals surface area contributed by atoms with Crippen LogP contribution in [-0.2, 0) is 10.0 Å². The van der Waals surface area contributed by atoms with Crippen molar-refractivity contribution in [3.8, 4) is 0 Å². The van der Waals surface area contributed by atoms with E-state index in [-0.39, 0.29) is 21.4 Å². The zero-order valence-electron chi connectivity index (χ0n) is 11.4. The molecule has 1 saturated carbocycles. The Morgan fingerprint density at radius 1 is 1.45 bits per heavy atom. The van der Waals surface area contributed by atoms with Crippen LogP contribution < -0.4 is 10.5 Å². The number of carbonyl (C=O) groups excluding carboxylic acids is 1. The molecule has 0 unspecified atom stereocenters. The van der Waals surface area contributed by atoms with Crippen molar-refractivity contribution >= 4 is 15.9 Å². The second-order valence-corrected chi connectivity index (χ2v) is 7.17. The lowest BCUT2D eigenvalue weighted by Gasteiger charge is -2.12. The summed E-state index contributed by atoms with van der Waals surface area (Å²) in [5.41, 5.74) is -0.0424. The molecule has 1 aliphatic carbocycles. The van der Waals surface area contributed by atoms with Gasteiger partial charge in [-0.2, -0.15) is 0 Å². The van der Waals surface area contributed by atoms with Gasteiger partial charge in [-0.05, 0) is 42.9 Å². The second-order valence-electron chi connectivity index (χ2n) is 5.64. The van der Waals surface area contributed by atoms with Gasteiger partial charge >= 0.3 is 0 Å². The Kier molecular flexibility index (Phi) is 3.60. The molecule has 5 nitrogen and oxygen atoms in total. The first-order valence-electron chi connectivity index (χ1n) is 6.24. The molecule has 1 amide bonds. The molecule has 3 N–H and O–H groups in total. The van der Waals surface area contributed by atoms with E-state index in [0.29, 0.717) is 6.54 Å². The van der Waals surface area contributed by atoms with Crippen LogP contribution in [-0.4, -0.2) is 20.9 Å². The Morgan fingerprint density at radius 3 is 2.55 bits per heavy atom. The summed E-state index contributed by atoms with van der Waals surface area (Å²) in [6.07, 6.45) is 2.04. The number of primary sulfonamides is 1. The van der Waals surface area contributed by atoms with Crippen molar-refractivity contribution in [2.24, 2.45) is 10.6 Å². The Bertz CT molecular complexity index is 666. The van der Waals surface area contributed by atoms with Crippen LogP contribution in [0.2, 0.25) is 0 Å². The van der Waals surface area contributed by atoms with Crippen LogP contribution in [0.3, 0.4) is 0 Å². The van der Waals surface area contributed by atoms with Gasteiger partial charge < -0.3 is 5.32 Å². The highest BCUT2D eigenvalue weighted by molar-refractivity contribution is 7.89. The van der Waals surface area contributed by atoms with Gasteiger partial charge in [0.15, 0.2) is 0 Å². The number of carbonyl (C=O) groups is 1. The first kappa shape index (κ1) is 14.9. The number of hydrogen-bond donors (Lipinski definition) is 2. The van der Waals surface area contributed by atoms with Crippen LogP contribution in [0, 0.1) is 18.2 Å². The Labute approximate surface area is 117 Å². The molecule has 1 aromatic carbocycles. The van der Waals surface area contributed by atoms with E-state index in [4.69, 9.17) is 5.14 Å². The highest BCUT2D eigenvalue weighted by Gasteiger charge is 2.37. The quantitative estimate of drug-likeness (QED) is 0.878. The van der Waals surface area contributed by atoms with Gasteiger partial charge in [0.1, 0.15) is 5.82 Å². The lowest BCUT2D eigenvalue weighted by molar-refractivity contribution is 0.0942. The number of rotatable bonds is 4. The second kappa shape index (κ2) is 4.82. The maximum absolute atomic E-state index is 13.8. The molecule has 2 rings (SSSR count). The zero-order valence-corrected chi connectivity index (χ0v) is 12.2. The maximum atomic E-state index is 13.8. The summed E-state index contributed by atoms with van der Waals surface area (Å²) in [6.45, 7) is 3.90. The molecule has 0 saturated heterocycles. The van der Waals surface area contributed by atoms with Crippen molar-refractivity contribution in [1.82, 2.24) is 5.32 Å². The van der Waals surface area contributed by atoms with Gasteiger partial charge in [0.2, 0.25) is 10.0 Å². The average Bonchev–Trinajstić information content (AvgIpc) is 3.03. The minimum absolute atomic E-state index is 0.0829. The number of aryl methyl sites for hydroxylation is 1. The topological polar surface area (TPSA) is 89.3 Å². The molecule has 0 heterocycles. The van der Waals surface area contributed by atoms with Crippen LogP contribution in [0.25, 0.3) is 0 Å². The van der Waals surface area contributed by atoms with Gasteiger partial charge in [-0.3, -0.25) is 4.79 Å². The summed E-state index contributed by atoms with van der Waals surface area (Å²) in [6, 6.07) is 2.00. The van der Waals surface area contributed by atoms with E-state index in [2.05, 4.69) is 5.32 Å². The fourth-order valence-corrected chi connectivity index (χ4v) is 2.70. The third-order valence-corrected chi connectivity index (χ3v) is 4.65. The maximum Gasteiger partial charge on any atom is 0.254 e. The van der Waals surface area contributed by atoms with Crippen molar-refractivity contribution < 1.29 is 17.6 Å². The largest absolute Gasteiger partial charge is 0.351 e. The summed E-state index contributed by atoms with van der Waals surface area (Å²) in [7, 11) is -3.98. The minimum atomic E-state index is -3.98. The lowest BCUT2D eigenvalue weighted by Crippen LogP contribution is -2.30. The smallest absolute Gasteiger partial charge is 0.254 e. The summed E-state index contributed by atoms with van der Waals surface area (Å²) in [4.78, 5) is 11.7. The van der Waals surface area contributed by atoms with E-state index in [1.807, 2.05) is 6.92 Å². The van der Waals surface area contributed by atoms with E-state index in [0.717, 1.165) is 25.0 Å². The highest BCUT2D eigenvalue weighted by Crippen LogP contribution is 2.44. The first-order valence-corrected chi connectivity index (χ1v) is 7.78. The fraction of sp³-hybridized carbons (Fsp3) is 0.462. The molecule has 0 spiro atoms. The molecule has 0 aliphatic heterocycles. The SMILES string of the molecule is Cc1cc(F)c(C(=O)NCC2(C)CC2)cc1S(N)(=O)=O. The average molecular weight is 300 g/mol. The predicted molar refractivity (Wildman–Crippen MR) is 72.2 cm³/mol. The van der Waals surface area contributed by atoms with Crippen LogP contribution in [0.5, 0.6) is 0 Å². The predicted octanol–water partition coefficient (Wildman–Crippen LogP) is 1.31. The normalized spacial score (nSPS) is 16.8. The van der Waals surface area contributed by atoms with Gasteiger partial charge in [-0.1, -0.05) is 6.92 Å². The lowest BCUT2D eigenvalue weighted by atomic mass is 10.1. The van der Waals surface area contributed by atoms with Crippen molar-refractivity contribution in [1.29, 1.82) is 0 Å². The summed E-state index contributed by atoms with van der Waals surface area (Å²) < 4.78 is 36.6. The zero-order chi connectivity index (χ0) is 15.1. The summed E-state index contributed by atoms with van der Waals surface area (Å²) in [5, 5.41) is 7.67. The van der Waals surface area contributed by atoms with Gasteiger partial charge in [0.05, 0.1) is 10.5 Å². The van der Waals surface area contributed by atoms with Crippen molar-refractivity contribution in [3.05, 3.63) is 29.1 Å². The molecule has 0 bridgehead atoms. The van der Waals surface area contributed by atoms with E-state index in [9.17, 15) is 17.6 Å². The molecule has 0 atom stereocenters. The van der Waals surface area contributed by atoms with E-state index >= 15 is 0 Å². The Balaban J connectivity index is 2.28. The van der Waals surface area contributed by atoms with E-state index in [1.165, 1.54) is 6.92 Å². The van der Waals surface area contributed by atoms with Crippen LogP contribution in [0.4, 0.5) is 4.39 Å². The number of hydrogen-bond acceptors (Lipinski definition) is 3. The minimum Gasteiger partial charge on any atom is -0.351 e. The Morgan fingerprint density at radius 2 is 2.05 bits per heavy atom. The molecule has 0 aromatic heterocycles. The van der Waals surface area contributed by atoms with E-state index in [1.54, 1.807) is 0 Å². The number of amides is 1. The van der Waals surface area contributed by atoms with Crippen LogP contribution >= 0.6 is 0 Å². The molecule has 0 radical (unpaired) electrons. The molecule has 20 heavy (non-hydrogen) atoms. The summed E-state index contributed by atoms with van der Waals surface area (Å²) >= 11 is 0. The van der Waals surface area contributed by atoms with Crippen molar-refractivity contribution in [3.63, 3.8) is 0 Å². The number of nitrogens with one attached hydrogen (secondary N) is 1. The monoisotopic (exact) mass is 300 g/mol. The van der Waals surface area contributed by atoms with Gasteiger partial charge in [-0.15, -0.1) is 0 Å². The molecule has 1 fully saturated rings. The van der Waals surface area contributed by atoms with E-state index < -0.39 is 21.7 Å². The Hall–Kier alpha value is -1.47. The fourth-order valence-electron chi connectivity index (χ4n) is 1.91. The highest BCUT2D eigenvalue weighted by atomic mass is 32.2.